The lowest BCUT2D eigenvalue weighted by Gasteiger charge is -2.12. The zero-order valence-corrected chi connectivity index (χ0v) is 12.5. The predicted molar refractivity (Wildman–Crippen MR) is 87.8 cm³/mol. The van der Waals surface area contributed by atoms with Crippen LogP contribution in [0.25, 0.3) is 0 Å². The van der Waals surface area contributed by atoms with Crippen molar-refractivity contribution < 1.29 is 0 Å². The summed E-state index contributed by atoms with van der Waals surface area (Å²) in [5, 5.41) is 0. The quantitative estimate of drug-likeness (QED) is 0.736. The van der Waals surface area contributed by atoms with Crippen molar-refractivity contribution in [2.24, 2.45) is 4.99 Å². The first-order chi connectivity index (χ1) is 9.70. The predicted octanol–water partition coefficient (Wildman–Crippen LogP) is 4.32. The summed E-state index contributed by atoms with van der Waals surface area (Å²) < 4.78 is 0. The fraction of sp³-hybridized carbons (Fsp3) is 0.278. The highest BCUT2D eigenvalue weighted by molar-refractivity contribution is 5.80. The van der Waals surface area contributed by atoms with E-state index in [4.69, 9.17) is 4.99 Å². The number of hydrogen-bond acceptors (Lipinski definition) is 2. The first-order valence-corrected chi connectivity index (χ1v) is 7.06. The van der Waals surface area contributed by atoms with Crippen molar-refractivity contribution in [2.75, 3.05) is 19.0 Å². The number of hydrogen-bond donors (Lipinski definition) is 0. The highest BCUT2D eigenvalue weighted by atomic mass is 15.1. The first kappa shape index (κ1) is 14.3. The van der Waals surface area contributed by atoms with E-state index in [1.807, 2.05) is 26.4 Å². The number of nitrogens with zero attached hydrogens (tertiary/aromatic N) is 2. The van der Waals surface area contributed by atoms with Crippen molar-refractivity contribution in [1.82, 2.24) is 0 Å². The summed E-state index contributed by atoms with van der Waals surface area (Å²) >= 11 is 0. The Morgan fingerprint density at radius 2 is 1.65 bits per heavy atom. The van der Waals surface area contributed by atoms with E-state index in [-0.39, 0.29) is 6.04 Å². The largest absolute Gasteiger partial charge is 0.378 e. The summed E-state index contributed by atoms with van der Waals surface area (Å²) in [6.45, 7) is 2.17. The number of benzene rings is 2. The molecule has 1 atom stereocenters. The summed E-state index contributed by atoms with van der Waals surface area (Å²) in [5.74, 6) is 0. The molecule has 0 N–H and O–H groups in total. The molecule has 0 amide bonds. The van der Waals surface area contributed by atoms with Gasteiger partial charge in [-0.3, -0.25) is 4.99 Å². The number of rotatable bonds is 5. The molecular weight excluding hydrogens is 244 g/mol. The van der Waals surface area contributed by atoms with E-state index in [0.29, 0.717) is 0 Å². The maximum atomic E-state index is 4.72. The summed E-state index contributed by atoms with van der Waals surface area (Å²) in [4.78, 5) is 6.82. The summed E-state index contributed by atoms with van der Waals surface area (Å²) in [6.07, 6.45) is 2.98. The third-order valence-electron chi connectivity index (χ3n) is 3.38. The highest BCUT2D eigenvalue weighted by Gasteiger charge is 2.05. The van der Waals surface area contributed by atoms with Gasteiger partial charge in [0.15, 0.2) is 0 Å². The molecule has 2 nitrogen and oxygen atoms in total. The third kappa shape index (κ3) is 3.70. The molecule has 20 heavy (non-hydrogen) atoms. The minimum atomic E-state index is 0.240. The van der Waals surface area contributed by atoms with Crippen molar-refractivity contribution >= 4 is 11.9 Å². The zero-order chi connectivity index (χ0) is 14.4. The Hall–Kier alpha value is -2.09. The molecule has 0 heterocycles. The molecule has 0 fully saturated rings. The van der Waals surface area contributed by atoms with Crippen LogP contribution in [0.2, 0.25) is 0 Å². The van der Waals surface area contributed by atoms with Gasteiger partial charge in [-0.1, -0.05) is 49.4 Å². The Labute approximate surface area is 121 Å². The SMILES string of the molecule is CC[C@H](N=Cc1ccc(N(C)C)cc1)c1ccccc1. The van der Waals surface area contributed by atoms with E-state index in [1.165, 1.54) is 11.3 Å². The molecule has 0 aliphatic carbocycles. The van der Waals surface area contributed by atoms with Gasteiger partial charge in [0.05, 0.1) is 6.04 Å². The van der Waals surface area contributed by atoms with Crippen molar-refractivity contribution in [3.05, 3.63) is 65.7 Å². The molecule has 0 saturated heterocycles. The Morgan fingerprint density at radius 3 is 2.20 bits per heavy atom. The lowest BCUT2D eigenvalue weighted by molar-refractivity contribution is 0.704. The van der Waals surface area contributed by atoms with E-state index in [9.17, 15) is 0 Å². The lowest BCUT2D eigenvalue weighted by atomic mass is 10.1. The lowest BCUT2D eigenvalue weighted by Crippen LogP contribution is -2.08. The normalized spacial score (nSPS) is 12.6. The van der Waals surface area contributed by atoms with E-state index in [1.54, 1.807) is 0 Å². The van der Waals surface area contributed by atoms with Crippen molar-refractivity contribution in [3.8, 4) is 0 Å². The molecule has 0 radical (unpaired) electrons. The van der Waals surface area contributed by atoms with Crippen LogP contribution in [0.15, 0.2) is 59.6 Å². The first-order valence-electron chi connectivity index (χ1n) is 7.06. The molecule has 2 aromatic rings. The van der Waals surface area contributed by atoms with Crippen molar-refractivity contribution in [2.45, 2.75) is 19.4 Å². The van der Waals surface area contributed by atoms with Gasteiger partial charge in [-0.25, -0.2) is 0 Å². The molecule has 0 aliphatic rings. The topological polar surface area (TPSA) is 15.6 Å². The molecule has 0 spiro atoms. The number of aliphatic imine (C=N–C) groups is 1. The van der Waals surface area contributed by atoms with Crippen LogP contribution in [0.1, 0.15) is 30.5 Å². The Bertz CT molecular complexity index is 541. The minimum absolute atomic E-state index is 0.240. The smallest absolute Gasteiger partial charge is 0.0746 e. The molecule has 0 unspecified atom stereocenters. The van der Waals surface area contributed by atoms with E-state index >= 15 is 0 Å². The van der Waals surface area contributed by atoms with Crippen LogP contribution in [0, 0.1) is 0 Å². The highest BCUT2D eigenvalue weighted by Crippen LogP contribution is 2.20. The van der Waals surface area contributed by atoms with Gasteiger partial charge in [0, 0.05) is 26.0 Å². The maximum Gasteiger partial charge on any atom is 0.0746 e. The van der Waals surface area contributed by atoms with Crippen LogP contribution in [0.5, 0.6) is 0 Å². The average Bonchev–Trinajstić information content (AvgIpc) is 2.49. The molecule has 2 rings (SSSR count). The molecule has 2 aromatic carbocycles. The van der Waals surface area contributed by atoms with Gasteiger partial charge in [0.1, 0.15) is 0 Å². The van der Waals surface area contributed by atoms with Gasteiger partial charge >= 0.3 is 0 Å². The van der Waals surface area contributed by atoms with Crippen LogP contribution >= 0.6 is 0 Å². The molecule has 0 saturated carbocycles. The van der Waals surface area contributed by atoms with Crippen LogP contribution in [-0.2, 0) is 0 Å². The third-order valence-corrected chi connectivity index (χ3v) is 3.38. The molecule has 2 heteroatoms. The van der Waals surface area contributed by atoms with Gasteiger partial charge in [0.25, 0.3) is 0 Å². The summed E-state index contributed by atoms with van der Waals surface area (Å²) in [5.41, 5.74) is 3.62. The average molecular weight is 266 g/mol. The Kier molecular flexibility index (Phi) is 4.94. The summed E-state index contributed by atoms with van der Waals surface area (Å²) in [7, 11) is 4.09. The van der Waals surface area contributed by atoms with Crippen LogP contribution in [0.4, 0.5) is 5.69 Å². The Balaban J connectivity index is 2.11. The summed E-state index contributed by atoms with van der Waals surface area (Å²) in [6, 6.07) is 19.1. The molecule has 0 aromatic heterocycles. The number of anilines is 1. The van der Waals surface area contributed by atoms with Gasteiger partial charge in [-0.05, 0) is 29.7 Å². The van der Waals surface area contributed by atoms with Crippen LogP contribution in [-0.4, -0.2) is 20.3 Å². The van der Waals surface area contributed by atoms with Crippen LogP contribution < -0.4 is 4.90 Å². The van der Waals surface area contributed by atoms with Gasteiger partial charge < -0.3 is 4.90 Å². The van der Waals surface area contributed by atoms with E-state index in [0.717, 1.165) is 12.0 Å². The Morgan fingerprint density at radius 1 is 1.00 bits per heavy atom. The maximum absolute atomic E-state index is 4.72. The van der Waals surface area contributed by atoms with Gasteiger partial charge in [0.2, 0.25) is 0 Å². The van der Waals surface area contributed by atoms with Crippen molar-refractivity contribution in [3.63, 3.8) is 0 Å². The molecule has 0 bridgehead atoms. The zero-order valence-electron chi connectivity index (χ0n) is 12.5. The standard InChI is InChI=1S/C18H22N2/c1-4-18(16-8-6-5-7-9-16)19-14-15-10-12-17(13-11-15)20(2)3/h5-14,18H,4H2,1-3H3/t18-/m0/s1. The second-order valence-electron chi connectivity index (χ2n) is 5.10. The fourth-order valence-corrected chi connectivity index (χ4v) is 2.14. The molecular formula is C18H22N2. The molecule has 104 valence electrons. The fourth-order valence-electron chi connectivity index (χ4n) is 2.14. The molecule has 0 aliphatic heterocycles. The second kappa shape index (κ2) is 6.90. The second-order valence-corrected chi connectivity index (χ2v) is 5.10. The van der Waals surface area contributed by atoms with Gasteiger partial charge in [-0.15, -0.1) is 0 Å². The van der Waals surface area contributed by atoms with E-state index in [2.05, 4.69) is 60.4 Å². The van der Waals surface area contributed by atoms with Gasteiger partial charge in [-0.2, -0.15) is 0 Å². The van der Waals surface area contributed by atoms with Crippen LogP contribution in [0.3, 0.4) is 0 Å². The monoisotopic (exact) mass is 266 g/mol. The minimum Gasteiger partial charge on any atom is -0.378 e. The van der Waals surface area contributed by atoms with Crippen molar-refractivity contribution in [1.29, 1.82) is 0 Å². The van der Waals surface area contributed by atoms with E-state index < -0.39 is 0 Å².